The van der Waals surface area contributed by atoms with Crippen molar-refractivity contribution < 1.29 is 4.74 Å². The summed E-state index contributed by atoms with van der Waals surface area (Å²) in [5.41, 5.74) is 6.18. The fourth-order valence-corrected chi connectivity index (χ4v) is 2.34. The summed E-state index contributed by atoms with van der Waals surface area (Å²) in [4.78, 5) is 0. The highest BCUT2D eigenvalue weighted by Gasteiger charge is 2.26. The number of anilines is 1. The third-order valence-electron chi connectivity index (χ3n) is 3.50. The highest BCUT2D eigenvalue weighted by atomic mass is 16.5. The molecule has 18 heavy (non-hydrogen) atoms. The van der Waals surface area contributed by atoms with E-state index in [-0.39, 0.29) is 23.1 Å². The van der Waals surface area contributed by atoms with Crippen LogP contribution in [0.3, 0.4) is 0 Å². The van der Waals surface area contributed by atoms with Crippen LogP contribution in [0.5, 0.6) is 0 Å². The van der Waals surface area contributed by atoms with Gasteiger partial charge >= 0.3 is 0 Å². The van der Waals surface area contributed by atoms with Crippen LogP contribution in [0.15, 0.2) is 0 Å². The number of hydrogen-bond acceptors (Lipinski definition) is 5. The van der Waals surface area contributed by atoms with Crippen LogP contribution in [0.4, 0.5) is 5.82 Å². The maximum atomic E-state index is 8.98. The van der Waals surface area contributed by atoms with Gasteiger partial charge in [0.1, 0.15) is 23.5 Å². The van der Waals surface area contributed by atoms with E-state index in [1.54, 1.807) is 4.68 Å². The minimum Gasteiger partial charge on any atom is -0.383 e. The number of nitrogens with two attached hydrogens (primary N) is 1. The van der Waals surface area contributed by atoms with Crippen molar-refractivity contribution in [3.05, 3.63) is 11.3 Å². The Morgan fingerprint density at radius 2 is 2.06 bits per heavy atom. The molecular weight excluding hydrogens is 230 g/mol. The molecule has 0 radical (unpaired) electrons. The molecule has 0 saturated carbocycles. The Hall–Kier alpha value is -2.05. The molecule has 2 heterocycles. The molecule has 1 atom stereocenters. The minimum absolute atomic E-state index is 0.0723. The molecule has 94 valence electrons. The molecule has 1 aromatic rings. The molecule has 6 heteroatoms. The standard InChI is InChI=1S/C12H15N5O/c1-8(9-2-4-18-5-3-9)17-12(15)10(6-13)11(7-14)16-17/h8-9H,2-5,15H2,1H3. The van der Waals surface area contributed by atoms with Gasteiger partial charge in [0, 0.05) is 13.2 Å². The van der Waals surface area contributed by atoms with Gasteiger partial charge in [0.15, 0.2) is 5.69 Å². The third kappa shape index (κ3) is 2.03. The molecule has 1 unspecified atom stereocenters. The first-order chi connectivity index (χ1) is 8.69. The van der Waals surface area contributed by atoms with Gasteiger partial charge in [-0.15, -0.1) is 0 Å². The quantitative estimate of drug-likeness (QED) is 0.843. The zero-order valence-corrected chi connectivity index (χ0v) is 10.3. The first-order valence-electron chi connectivity index (χ1n) is 5.95. The smallest absolute Gasteiger partial charge is 0.182 e. The maximum absolute atomic E-state index is 8.98. The van der Waals surface area contributed by atoms with Gasteiger partial charge < -0.3 is 10.5 Å². The Kier molecular flexibility index (Phi) is 3.50. The van der Waals surface area contributed by atoms with Crippen molar-refractivity contribution in [2.24, 2.45) is 5.92 Å². The summed E-state index contributed by atoms with van der Waals surface area (Å²) in [6.45, 7) is 3.50. The molecule has 0 bridgehead atoms. The molecule has 2 N–H and O–H groups in total. The molecule has 0 aliphatic carbocycles. The average molecular weight is 245 g/mol. The normalized spacial score (nSPS) is 17.9. The van der Waals surface area contributed by atoms with Gasteiger partial charge in [-0.3, -0.25) is 0 Å². The molecule has 6 nitrogen and oxygen atoms in total. The van der Waals surface area contributed by atoms with Crippen LogP contribution in [0.1, 0.15) is 37.1 Å². The maximum Gasteiger partial charge on any atom is 0.182 e. The van der Waals surface area contributed by atoms with Crippen LogP contribution in [-0.2, 0) is 4.74 Å². The Bertz CT molecular complexity index is 516. The van der Waals surface area contributed by atoms with E-state index >= 15 is 0 Å². The molecule has 1 aromatic heterocycles. The molecule has 0 aromatic carbocycles. The van der Waals surface area contributed by atoms with Crippen molar-refractivity contribution in [1.82, 2.24) is 9.78 Å². The zero-order valence-electron chi connectivity index (χ0n) is 10.3. The van der Waals surface area contributed by atoms with E-state index in [1.165, 1.54) is 0 Å². The molecule has 1 aliphatic heterocycles. The molecule has 0 amide bonds. The predicted molar refractivity (Wildman–Crippen MR) is 64.3 cm³/mol. The second kappa shape index (κ2) is 5.07. The number of ether oxygens (including phenoxy) is 1. The second-order valence-corrected chi connectivity index (χ2v) is 4.47. The lowest BCUT2D eigenvalue weighted by Crippen LogP contribution is -2.25. The monoisotopic (exact) mass is 245 g/mol. The molecule has 1 fully saturated rings. The summed E-state index contributed by atoms with van der Waals surface area (Å²) < 4.78 is 6.93. The highest BCUT2D eigenvalue weighted by molar-refractivity contribution is 5.56. The lowest BCUT2D eigenvalue weighted by molar-refractivity contribution is 0.0499. The Morgan fingerprint density at radius 1 is 1.39 bits per heavy atom. The van der Waals surface area contributed by atoms with Gasteiger partial charge in [0.05, 0.1) is 6.04 Å². The molecule has 0 spiro atoms. The summed E-state index contributed by atoms with van der Waals surface area (Å²) >= 11 is 0. The number of nitrogens with zero attached hydrogens (tertiary/aromatic N) is 4. The topological polar surface area (TPSA) is 101 Å². The van der Waals surface area contributed by atoms with E-state index < -0.39 is 0 Å². The van der Waals surface area contributed by atoms with Gasteiger partial charge in [0.2, 0.25) is 0 Å². The lowest BCUT2D eigenvalue weighted by Gasteiger charge is -2.28. The van der Waals surface area contributed by atoms with Crippen LogP contribution < -0.4 is 5.73 Å². The van der Waals surface area contributed by atoms with Crippen LogP contribution >= 0.6 is 0 Å². The molecule has 1 saturated heterocycles. The summed E-state index contributed by atoms with van der Waals surface area (Å²) in [7, 11) is 0. The van der Waals surface area contributed by atoms with Crippen LogP contribution in [0.25, 0.3) is 0 Å². The first-order valence-corrected chi connectivity index (χ1v) is 5.95. The van der Waals surface area contributed by atoms with E-state index in [0.29, 0.717) is 5.92 Å². The second-order valence-electron chi connectivity index (χ2n) is 4.47. The molecule has 2 rings (SSSR count). The van der Waals surface area contributed by atoms with E-state index in [4.69, 9.17) is 21.0 Å². The third-order valence-corrected chi connectivity index (χ3v) is 3.50. The van der Waals surface area contributed by atoms with E-state index in [0.717, 1.165) is 26.1 Å². The van der Waals surface area contributed by atoms with Crippen molar-refractivity contribution in [2.45, 2.75) is 25.8 Å². The Labute approximate surface area is 106 Å². The van der Waals surface area contributed by atoms with Gasteiger partial charge in [-0.1, -0.05) is 0 Å². The lowest BCUT2D eigenvalue weighted by atomic mass is 9.93. The minimum atomic E-state index is 0.0723. The van der Waals surface area contributed by atoms with Gasteiger partial charge in [-0.2, -0.15) is 15.6 Å². The van der Waals surface area contributed by atoms with Gasteiger partial charge in [0.25, 0.3) is 0 Å². The van der Waals surface area contributed by atoms with Crippen molar-refractivity contribution in [3.63, 3.8) is 0 Å². The summed E-state index contributed by atoms with van der Waals surface area (Å²) in [5, 5.41) is 22.0. The number of nitriles is 2. The van der Waals surface area contributed by atoms with Crippen molar-refractivity contribution in [2.75, 3.05) is 18.9 Å². The number of aromatic nitrogens is 2. The summed E-state index contributed by atoms with van der Waals surface area (Å²) in [6, 6.07) is 3.92. The van der Waals surface area contributed by atoms with Crippen molar-refractivity contribution >= 4 is 5.82 Å². The van der Waals surface area contributed by atoms with E-state index in [1.807, 2.05) is 19.1 Å². The van der Waals surface area contributed by atoms with Crippen LogP contribution in [0.2, 0.25) is 0 Å². The highest BCUT2D eigenvalue weighted by Crippen LogP contribution is 2.30. The van der Waals surface area contributed by atoms with E-state index in [9.17, 15) is 0 Å². The molecular formula is C12H15N5O. The number of rotatable bonds is 2. The largest absolute Gasteiger partial charge is 0.383 e. The number of nitrogen functional groups attached to an aromatic ring is 1. The Morgan fingerprint density at radius 3 is 2.56 bits per heavy atom. The van der Waals surface area contributed by atoms with E-state index in [2.05, 4.69) is 5.10 Å². The summed E-state index contributed by atoms with van der Waals surface area (Å²) in [6.07, 6.45) is 1.90. The van der Waals surface area contributed by atoms with Crippen LogP contribution in [0, 0.1) is 28.6 Å². The fraction of sp³-hybridized carbons (Fsp3) is 0.583. The van der Waals surface area contributed by atoms with Crippen LogP contribution in [-0.4, -0.2) is 23.0 Å². The zero-order chi connectivity index (χ0) is 13.1. The SMILES string of the molecule is CC(C1CCOCC1)n1nc(C#N)c(C#N)c1N. The predicted octanol–water partition coefficient (Wildman–Crippen LogP) is 1.20. The molecule has 1 aliphatic rings. The average Bonchev–Trinajstić information content (AvgIpc) is 2.75. The van der Waals surface area contributed by atoms with Gasteiger partial charge in [-0.05, 0) is 25.7 Å². The van der Waals surface area contributed by atoms with Gasteiger partial charge in [-0.25, -0.2) is 4.68 Å². The first kappa shape index (κ1) is 12.4. The summed E-state index contributed by atoms with van der Waals surface area (Å²) in [5.74, 6) is 0.701. The fourth-order valence-electron chi connectivity index (χ4n) is 2.34. The van der Waals surface area contributed by atoms with Crippen molar-refractivity contribution in [3.8, 4) is 12.1 Å². The van der Waals surface area contributed by atoms with Crippen molar-refractivity contribution in [1.29, 1.82) is 10.5 Å². The number of hydrogen-bond donors (Lipinski definition) is 1. The Balaban J connectivity index is 2.31.